The molecule has 0 aliphatic rings. The van der Waals surface area contributed by atoms with Crippen LogP contribution in [0.4, 0.5) is 0 Å². The first-order chi connectivity index (χ1) is 11.9. The number of benzene rings is 2. The summed E-state index contributed by atoms with van der Waals surface area (Å²) in [5.41, 5.74) is 1.15. The number of halogens is 2. The van der Waals surface area contributed by atoms with Gasteiger partial charge in [-0.25, -0.2) is 0 Å². The summed E-state index contributed by atoms with van der Waals surface area (Å²) in [5, 5.41) is 3.57. The van der Waals surface area contributed by atoms with Gasteiger partial charge in [0.2, 0.25) is 0 Å². The summed E-state index contributed by atoms with van der Waals surface area (Å²) in [4.78, 5) is 14.5. The smallest absolute Gasteiger partial charge is 0.260 e. The molecular formula is C19H22BrClN2O2. The summed E-state index contributed by atoms with van der Waals surface area (Å²) < 4.78 is 6.45. The number of rotatable bonds is 7. The molecule has 0 fully saturated rings. The van der Waals surface area contributed by atoms with Crippen molar-refractivity contribution in [1.29, 1.82) is 0 Å². The van der Waals surface area contributed by atoms with Crippen LogP contribution in [0.3, 0.4) is 0 Å². The minimum absolute atomic E-state index is 0.0969. The van der Waals surface area contributed by atoms with E-state index in [0.717, 1.165) is 10.0 Å². The van der Waals surface area contributed by atoms with E-state index in [0.29, 0.717) is 17.3 Å². The van der Waals surface area contributed by atoms with E-state index < -0.39 is 6.10 Å². The van der Waals surface area contributed by atoms with Crippen molar-refractivity contribution in [3.05, 3.63) is 63.6 Å². The summed E-state index contributed by atoms with van der Waals surface area (Å²) in [5.74, 6) is 0.420. The highest BCUT2D eigenvalue weighted by Crippen LogP contribution is 2.28. The van der Waals surface area contributed by atoms with Crippen molar-refractivity contribution in [2.45, 2.75) is 19.1 Å². The molecule has 1 amide bonds. The maximum atomic E-state index is 12.4. The second-order valence-corrected chi connectivity index (χ2v) is 7.26. The molecule has 25 heavy (non-hydrogen) atoms. The second kappa shape index (κ2) is 9.22. The molecule has 1 N–H and O–H groups in total. The fourth-order valence-electron chi connectivity index (χ4n) is 2.43. The van der Waals surface area contributed by atoms with Gasteiger partial charge < -0.3 is 15.0 Å². The van der Waals surface area contributed by atoms with Crippen molar-refractivity contribution in [1.82, 2.24) is 10.2 Å². The van der Waals surface area contributed by atoms with Crippen LogP contribution in [0.15, 0.2) is 53.0 Å². The predicted octanol–water partition coefficient (Wildman–Crippen LogP) is 4.29. The molecule has 2 rings (SSSR count). The lowest BCUT2D eigenvalue weighted by Crippen LogP contribution is -2.41. The standard InChI is InChI=1S/C19H22BrClN2O2/c1-13(25-18-10-9-15(21)11-16(18)20)19(24)22-12-17(23(2)3)14-7-5-4-6-8-14/h4-11,13,17H,12H2,1-3H3,(H,22,24). The number of amides is 1. The van der Waals surface area contributed by atoms with E-state index in [2.05, 4.69) is 38.3 Å². The average Bonchev–Trinajstić information content (AvgIpc) is 2.58. The van der Waals surface area contributed by atoms with E-state index in [-0.39, 0.29) is 11.9 Å². The van der Waals surface area contributed by atoms with Gasteiger partial charge in [0.25, 0.3) is 5.91 Å². The van der Waals surface area contributed by atoms with E-state index >= 15 is 0 Å². The summed E-state index contributed by atoms with van der Waals surface area (Å²) in [6.07, 6.45) is -0.615. The average molecular weight is 426 g/mol. The summed E-state index contributed by atoms with van der Waals surface area (Å²) in [6, 6.07) is 15.4. The van der Waals surface area contributed by atoms with Gasteiger partial charge in [-0.3, -0.25) is 4.79 Å². The van der Waals surface area contributed by atoms with Gasteiger partial charge in [0.05, 0.1) is 10.5 Å². The maximum absolute atomic E-state index is 12.4. The Kier molecular flexibility index (Phi) is 7.29. The molecule has 2 unspecified atom stereocenters. The van der Waals surface area contributed by atoms with Crippen LogP contribution in [0.5, 0.6) is 5.75 Å². The van der Waals surface area contributed by atoms with Gasteiger partial charge in [-0.2, -0.15) is 0 Å². The van der Waals surface area contributed by atoms with Crippen molar-refractivity contribution in [2.24, 2.45) is 0 Å². The Morgan fingerprint density at radius 1 is 1.24 bits per heavy atom. The number of nitrogens with one attached hydrogen (secondary N) is 1. The van der Waals surface area contributed by atoms with E-state index in [9.17, 15) is 4.79 Å². The SMILES string of the molecule is CC(Oc1ccc(Cl)cc1Br)C(=O)NCC(c1ccccc1)N(C)C. The highest BCUT2D eigenvalue weighted by atomic mass is 79.9. The Labute approximate surface area is 162 Å². The summed E-state index contributed by atoms with van der Waals surface area (Å²) in [6.45, 7) is 2.23. The summed E-state index contributed by atoms with van der Waals surface area (Å²) in [7, 11) is 3.99. The van der Waals surface area contributed by atoms with E-state index in [1.54, 1.807) is 25.1 Å². The minimum Gasteiger partial charge on any atom is -0.480 e. The predicted molar refractivity (Wildman–Crippen MR) is 105 cm³/mol. The Hall–Kier alpha value is -1.56. The Morgan fingerprint density at radius 3 is 2.52 bits per heavy atom. The molecular weight excluding hydrogens is 404 g/mol. The molecule has 0 saturated carbocycles. The Balaban J connectivity index is 1.96. The van der Waals surface area contributed by atoms with E-state index in [1.807, 2.05) is 32.3 Å². The molecule has 2 aromatic carbocycles. The topological polar surface area (TPSA) is 41.6 Å². The number of likely N-dealkylation sites (N-methyl/N-ethyl adjacent to an activating group) is 1. The fourth-order valence-corrected chi connectivity index (χ4v) is 3.21. The molecule has 0 bridgehead atoms. The molecule has 2 aromatic rings. The van der Waals surface area contributed by atoms with Crippen LogP contribution in [-0.4, -0.2) is 37.6 Å². The number of ether oxygens (including phenoxy) is 1. The maximum Gasteiger partial charge on any atom is 0.260 e. The van der Waals surface area contributed by atoms with Crippen molar-refractivity contribution >= 4 is 33.4 Å². The minimum atomic E-state index is -0.615. The molecule has 134 valence electrons. The quantitative estimate of drug-likeness (QED) is 0.719. The third kappa shape index (κ3) is 5.73. The zero-order chi connectivity index (χ0) is 18.4. The van der Waals surface area contributed by atoms with Crippen LogP contribution in [-0.2, 0) is 4.79 Å². The molecule has 0 spiro atoms. The van der Waals surface area contributed by atoms with Crippen LogP contribution in [0, 0.1) is 0 Å². The zero-order valence-corrected chi connectivity index (χ0v) is 16.8. The molecule has 0 aliphatic heterocycles. The van der Waals surface area contributed by atoms with Crippen molar-refractivity contribution in [3.63, 3.8) is 0 Å². The first-order valence-corrected chi connectivity index (χ1v) is 9.16. The zero-order valence-electron chi connectivity index (χ0n) is 14.5. The molecule has 2 atom stereocenters. The van der Waals surface area contributed by atoms with E-state index in [4.69, 9.17) is 16.3 Å². The summed E-state index contributed by atoms with van der Waals surface area (Å²) >= 11 is 9.31. The molecule has 0 aliphatic carbocycles. The van der Waals surface area contributed by atoms with Gasteiger partial charge in [0, 0.05) is 11.6 Å². The first kappa shape index (κ1) is 19.8. The van der Waals surface area contributed by atoms with Gasteiger partial charge in [-0.15, -0.1) is 0 Å². The molecule has 4 nitrogen and oxygen atoms in total. The monoisotopic (exact) mass is 424 g/mol. The van der Waals surface area contributed by atoms with Crippen molar-refractivity contribution in [3.8, 4) is 5.75 Å². The molecule has 0 aromatic heterocycles. The lowest BCUT2D eigenvalue weighted by molar-refractivity contribution is -0.127. The molecule has 6 heteroatoms. The fraction of sp³-hybridized carbons (Fsp3) is 0.316. The molecule has 0 radical (unpaired) electrons. The van der Waals surface area contributed by atoms with Crippen LogP contribution in [0.25, 0.3) is 0 Å². The van der Waals surface area contributed by atoms with Crippen molar-refractivity contribution < 1.29 is 9.53 Å². The third-order valence-corrected chi connectivity index (χ3v) is 4.70. The Morgan fingerprint density at radius 2 is 1.92 bits per heavy atom. The van der Waals surface area contributed by atoms with Gasteiger partial charge >= 0.3 is 0 Å². The normalized spacial score (nSPS) is 13.4. The number of nitrogens with zero attached hydrogens (tertiary/aromatic N) is 1. The molecule has 0 saturated heterocycles. The molecule has 0 heterocycles. The van der Waals surface area contributed by atoms with Gasteiger partial charge in [0.15, 0.2) is 6.10 Å². The van der Waals surface area contributed by atoms with Crippen LogP contribution >= 0.6 is 27.5 Å². The number of hydrogen-bond donors (Lipinski definition) is 1. The lowest BCUT2D eigenvalue weighted by atomic mass is 10.1. The van der Waals surface area contributed by atoms with Crippen molar-refractivity contribution in [2.75, 3.05) is 20.6 Å². The van der Waals surface area contributed by atoms with Gasteiger partial charge in [-0.05, 0) is 60.7 Å². The second-order valence-electron chi connectivity index (χ2n) is 5.97. The number of carbonyl (C=O) groups is 1. The Bertz CT molecular complexity index is 710. The largest absolute Gasteiger partial charge is 0.480 e. The van der Waals surface area contributed by atoms with Crippen LogP contribution in [0.1, 0.15) is 18.5 Å². The van der Waals surface area contributed by atoms with Gasteiger partial charge in [0.1, 0.15) is 5.75 Å². The van der Waals surface area contributed by atoms with Gasteiger partial charge in [-0.1, -0.05) is 41.9 Å². The highest BCUT2D eigenvalue weighted by Gasteiger charge is 2.19. The van der Waals surface area contributed by atoms with Crippen LogP contribution < -0.4 is 10.1 Å². The van der Waals surface area contributed by atoms with E-state index in [1.165, 1.54) is 0 Å². The third-order valence-electron chi connectivity index (χ3n) is 3.84. The number of hydrogen-bond acceptors (Lipinski definition) is 3. The first-order valence-electron chi connectivity index (χ1n) is 7.99. The number of carbonyl (C=O) groups excluding carboxylic acids is 1. The van der Waals surface area contributed by atoms with Crippen LogP contribution in [0.2, 0.25) is 5.02 Å². The highest BCUT2D eigenvalue weighted by molar-refractivity contribution is 9.10. The lowest BCUT2D eigenvalue weighted by Gasteiger charge is -2.26.